The highest BCUT2D eigenvalue weighted by Crippen LogP contribution is 2.62. The lowest BCUT2D eigenvalue weighted by molar-refractivity contribution is 0.436. The lowest BCUT2D eigenvalue weighted by atomic mass is 9.66. The highest BCUT2D eigenvalue weighted by atomic mass is 16.5. The van der Waals surface area contributed by atoms with Crippen molar-refractivity contribution in [3.8, 4) is 67.7 Å². The third kappa shape index (κ3) is 4.79. The number of para-hydroxylation sites is 2. The quantitative estimate of drug-likeness (QED) is 0.180. The van der Waals surface area contributed by atoms with Gasteiger partial charge in [0.05, 0.1) is 16.8 Å². The van der Waals surface area contributed by atoms with Gasteiger partial charge in [-0.15, -0.1) is 0 Å². The van der Waals surface area contributed by atoms with Gasteiger partial charge >= 0.3 is 0 Å². The van der Waals surface area contributed by atoms with Crippen LogP contribution in [0.2, 0.25) is 0 Å². The van der Waals surface area contributed by atoms with Crippen LogP contribution in [0.3, 0.4) is 0 Å². The van der Waals surface area contributed by atoms with E-state index in [1.165, 1.54) is 27.5 Å². The van der Waals surface area contributed by atoms with Crippen molar-refractivity contribution in [2.75, 3.05) is 0 Å². The smallest absolute Gasteiger partial charge is 0.160 e. The zero-order valence-electron chi connectivity index (χ0n) is 31.3. The third-order valence-corrected chi connectivity index (χ3v) is 12.0. The first kappa shape index (κ1) is 32.5. The van der Waals surface area contributed by atoms with E-state index in [4.69, 9.17) is 14.7 Å². The van der Waals surface area contributed by atoms with Crippen LogP contribution in [0.25, 0.3) is 77.7 Å². The summed E-state index contributed by atoms with van der Waals surface area (Å²) in [6, 6.07) is 66.7. The van der Waals surface area contributed by atoms with Gasteiger partial charge in [-0.05, 0) is 74.3 Å². The molecule has 0 saturated carbocycles. The summed E-state index contributed by atoms with van der Waals surface area (Å²) in [5.74, 6) is 2.41. The molecule has 1 aliphatic carbocycles. The van der Waals surface area contributed by atoms with Crippen LogP contribution in [-0.2, 0) is 5.41 Å². The number of aromatic nitrogens is 3. The highest BCUT2D eigenvalue weighted by Gasteiger charge is 2.51. The number of benzene rings is 8. The maximum atomic E-state index is 6.64. The monoisotopic (exact) mass is 739 g/mol. The van der Waals surface area contributed by atoms with Crippen molar-refractivity contribution >= 4 is 21.5 Å². The Morgan fingerprint density at radius 1 is 0.362 bits per heavy atom. The Morgan fingerprint density at radius 3 is 1.71 bits per heavy atom. The van der Waals surface area contributed by atoms with Crippen molar-refractivity contribution in [2.24, 2.45) is 0 Å². The van der Waals surface area contributed by atoms with Crippen LogP contribution >= 0.6 is 0 Å². The molecule has 0 unspecified atom stereocenters. The van der Waals surface area contributed by atoms with Crippen molar-refractivity contribution < 1.29 is 4.74 Å². The second-order valence-corrected chi connectivity index (χ2v) is 15.1. The fourth-order valence-electron chi connectivity index (χ4n) is 9.48. The number of hydrogen-bond acceptors (Lipinski definition) is 4. The minimum atomic E-state index is -0.606. The first-order chi connectivity index (χ1) is 28.7. The minimum Gasteiger partial charge on any atom is -0.457 e. The van der Waals surface area contributed by atoms with E-state index in [-0.39, 0.29) is 0 Å². The molecule has 270 valence electrons. The second-order valence-electron chi connectivity index (χ2n) is 15.1. The standard InChI is InChI=1S/C54H33N3O/c1-2-14-35(15-3-1)49-31-50(41-20-12-17-34-13-4-6-18-39(34)41)57-53(56-49)37-26-28-46-43(30-37)42-29-36(44-33-55-32-38-16-5-7-19-40(38)44)25-27-45(42)54(46)47-21-8-10-23-51(47)58-52-24-11-9-22-48(52)54/h1-33H. The predicted molar refractivity (Wildman–Crippen MR) is 234 cm³/mol. The second kappa shape index (κ2) is 12.7. The molecule has 3 heterocycles. The van der Waals surface area contributed by atoms with E-state index in [9.17, 15) is 0 Å². The van der Waals surface area contributed by atoms with Crippen LogP contribution in [0.5, 0.6) is 11.5 Å². The number of pyridine rings is 1. The summed E-state index contributed by atoms with van der Waals surface area (Å²) in [6.07, 6.45) is 3.93. The molecule has 2 aliphatic rings. The average molecular weight is 740 g/mol. The van der Waals surface area contributed by atoms with Gasteiger partial charge in [-0.1, -0.05) is 158 Å². The molecule has 0 saturated heterocycles. The largest absolute Gasteiger partial charge is 0.457 e. The highest BCUT2D eigenvalue weighted by molar-refractivity contribution is 5.99. The Labute approximate surface area is 335 Å². The molecule has 1 spiro atoms. The van der Waals surface area contributed by atoms with Gasteiger partial charge in [-0.3, -0.25) is 4.98 Å². The Kier molecular flexibility index (Phi) is 7.11. The van der Waals surface area contributed by atoms with Gasteiger partial charge in [0.25, 0.3) is 0 Å². The molecule has 4 heteroatoms. The van der Waals surface area contributed by atoms with E-state index in [1.54, 1.807) is 0 Å². The Morgan fingerprint density at radius 2 is 0.948 bits per heavy atom. The van der Waals surface area contributed by atoms with Gasteiger partial charge in [0.15, 0.2) is 5.82 Å². The summed E-state index contributed by atoms with van der Waals surface area (Å²) in [5.41, 5.74) is 13.4. The van der Waals surface area contributed by atoms with Crippen LogP contribution in [0, 0.1) is 0 Å². The van der Waals surface area contributed by atoms with Crippen LogP contribution in [0.4, 0.5) is 0 Å². The molecule has 58 heavy (non-hydrogen) atoms. The molecule has 1 aliphatic heterocycles. The molecular formula is C54H33N3O. The van der Waals surface area contributed by atoms with Gasteiger partial charge in [0, 0.05) is 51.2 Å². The third-order valence-electron chi connectivity index (χ3n) is 12.0. The molecule has 12 rings (SSSR count). The summed E-state index contributed by atoms with van der Waals surface area (Å²) in [6.45, 7) is 0. The number of hydrogen-bond donors (Lipinski definition) is 0. The Bertz CT molecular complexity index is 3220. The number of nitrogens with zero attached hydrogens (tertiary/aromatic N) is 3. The van der Waals surface area contributed by atoms with E-state index in [0.717, 1.165) is 78.2 Å². The van der Waals surface area contributed by atoms with E-state index >= 15 is 0 Å². The first-order valence-electron chi connectivity index (χ1n) is 19.7. The van der Waals surface area contributed by atoms with Gasteiger partial charge in [0.2, 0.25) is 0 Å². The minimum absolute atomic E-state index is 0.606. The van der Waals surface area contributed by atoms with Crippen LogP contribution in [0.15, 0.2) is 200 Å². The number of fused-ring (bicyclic) bond motifs is 11. The topological polar surface area (TPSA) is 47.9 Å². The van der Waals surface area contributed by atoms with Crippen molar-refractivity contribution in [3.63, 3.8) is 0 Å². The van der Waals surface area contributed by atoms with E-state index in [2.05, 4.69) is 187 Å². The summed E-state index contributed by atoms with van der Waals surface area (Å²) in [7, 11) is 0. The molecule has 2 aromatic heterocycles. The van der Waals surface area contributed by atoms with E-state index in [0.29, 0.717) is 5.82 Å². The lowest BCUT2D eigenvalue weighted by Crippen LogP contribution is -2.32. The summed E-state index contributed by atoms with van der Waals surface area (Å²) in [5, 5.41) is 4.62. The average Bonchev–Trinajstić information content (AvgIpc) is 3.58. The van der Waals surface area contributed by atoms with Gasteiger partial charge in [-0.2, -0.15) is 0 Å². The Hall–Kier alpha value is -7.69. The fourth-order valence-corrected chi connectivity index (χ4v) is 9.48. The maximum Gasteiger partial charge on any atom is 0.160 e. The molecule has 0 fully saturated rings. The zero-order chi connectivity index (χ0) is 38.2. The van der Waals surface area contributed by atoms with Crippen LogP contribution in [0.1, 0.15) is 22.3 Å². The normalized spacial score (nSPS) is 13.1. The molecular weight excluding hydrogens is 707 g/mol. The number of ether oxygens (including phenoxy) is 1. The van der Waals surface area contributed by atoms with E-state index < -0.39 is 5.41 Å². The van der Waals surface area contributed by atoms with Gasteiger partial charge in [0.1, 0.15) is 11.5 Å². The molecule has 0 atom stereocenters. The number of rotatable bonds is 4. The molecule has 0 bridgehead atoms. The van der Waals surface area contributed by atoms with Gasteiger partial charge < -0.3 is 4.74 Å². The molecule has 0 radical (unpaired) electrons. The van der Waals surface area contributed by atoms with Gasteiger partial charge in [-0.25, -0.2) is 9.97 Å². The molecule has 0 amide bonds. The molecule has 8 aromatic carbocycles. The van der Waals surface area contributed by atoms with Crippen molar-refractivity contribution in [3.05, 3.63) is 223 Å². The molecule has 10 aromatic rings. The molecule has 0 N–H and O–H groups in total. The van der Waals surface area contributed by atoms with Crippen LogP contribution < -0.4 is 4.74 Å². The van der Waals surface area contributed by atoms with E-state index in [1.807, 2.05) is 18.5 Å². The van der Waals surface area contributed by atoms with Crippen molar-refractivity contribution in [2.45, 2.75) is 5.41 Å². The molecule has 4 nitrogen and oxygen atoms in total. The maximum absolute atomic E-state index is 6.64. The van der Waals surface area contributed by atoms with Crippen molar-refractivity contribution in [1.82, 2.24) is 15.0 Å². The SMILES string of the molecule is c1ccc(-c2cc(-c3cccc4ccccc34)nc(-c3ccc4c(c3)-c3cc(-c5cncc6ccccc56)ccc3C43c4ccccc4Oc4ccccc43)n2)cc1. The van der Waals surface area contributed by atoms with Crippen molar-refractivity contribution in [1.29, 1.82) is 0 Å². The summed E-state index contributed by atoms with van der Waals surface area (Å²) >= 11 is 0. The summed E-state index contributed by atoms with van der Waals surface area (Å²) in [4.78, 5) is 15.3. The van der Waals surface area contributed by atoms with Crippen LogP contribution in [-0.4, -0.2) is 15.0 Å². The lowest BCUT2D eigenvalue weighted by Gasteiger charge is -2.39. The predicted octanol–water partition coefficient (Wildman–Crippen LogP) is 13.3. The fraction of sp³-hybridized carbons (Fsp3) is 0.0185. The first-order valence-corrected chi connectivity index (χ1v) is 19.7. The Balaban J connectivity index is 1.13. The zero-order valence-corrected chi connectivity index (χ0v) is 31.3. The summed E-state index contributed by atoms with van der Waals surface area (Å²) < 4.78 is 6.64.